The zero-order valence-corrected chi connectivity index (χ0v) is 14.2. The third-order valence-electron chi connectivity index (χ3n) is 3.26. The molecule has 5 nitrogen and oxygen atoms in total. The summed E-state index contributed by atoms with van der Waals surface area (Å²) in [5.41, 5.74) is 1.42. The Labute approximate surface area is 140 Å². The highest BCUT2D eigenvalue weighted by molar-refractivity contribution is 7.20. The maximum absolute atomic E-state index is 12.3. The summed E-state index contributed by atoms with van der Waals surface area (Å²) in [6, 6.07) is 1.98. The number of esters is 1. The molecule has 7 heteroatoms. The Balaban J connectivity index is 2.04. The van der Waals surface area contributed by atoms with Crippen molar-refractivity contribution in [2.75, 3.05) is 6.61 Å². The van der Waals surface area contributed by atoms with Gasteiger partial charge in [0.1, 0.15) is 15.5 Å². The number of aromatic amines is 1. The Hall–Kier alpha value is -2.25. The number of H-pyrrole nitrogens is 1. The summed E-state index contributed by atoms with van der Waals surface area (Å²) in [6.07, 6.45) is 3.63. The molecule has 0 aliphatic rings. The van der Waals surface area contributed by atoms with Crippen molar-refractivity contribution in [1.29, 1.82) is 0 Å². The average molecular weight is 346 g/mol. The van der Waals surface area contributed by atoms with Crippen LogP contribution in [0.1, 0.15) is 33.5 Å². The van der Waals surface area contributed by atoms with Crippen LogP contribution in [0.2, 0.25) is 0 Å². The van der Waals surface area contributed by atoms with Gasteiger partial charge in [0.25, 0.3) is 5.56 Å². The van der Waals surface area contributed by atoms with E-state index in [-0.39, 0.29) is 5.56 Å². The second kappa shape index (κ2) is 6.47. The summed E-state index contributed by atoms with van der Waals surface area (Å²) in [5, 5.41) is 4.43. The molecule has 0 spiro atoms. The van der Waals surface area contributed by atoms with E-state index in [0.717, 1.165) is 5.56 Å². The molecule has 0 unspecified atom stereocenters. The number of nitrogens with one attached hydrogen (secondary N) is 1. The molecule has 118 valence electrons. The second-order valence-corrected chi connectivity index (χ2v) is 6.58. The molecule has 3 heterocycles. The van der Waals surface area contributed by atoms with Crippen molar-refractivity contribution < 1.29 is 9.53 Å². The molecule has 0 aliphatic carbocycles. The van der Waals surface area contributed by atoms with E-state index >= 15 is 0 Å². The SMILES string of the molecule is CCOC(=O)c1sc2nc(C=Cc3ccsc3)[nH]c(=O)c2c1C. The normalized spacial score (nSPS) is 11.4. The van der Waals surface area contributed by atoms with Crippen LogP contribution in [-0.2, 0) is 4.74 Å². The Morgan fingerprint density at radius 2 is 2.26 bits per heavy atom. The van der Waals surface area contributed by atoms with Crippen molar-refractivity contribution in [3.63, 3.8) is 0 Å². The molecule has 3 aromatic rings. The molecule has 1 N–H and O–H groups in total. The quantitative estimate of drug-likeness (QED) is 0.731. The Bertz CT molecular complexity index is 936. The molecule has 0 fully saturated rings. The lowest BCUT2D eigenvalue weighted by Gasteiger charge is -1.98. The van der Waals surface area contributed by atoms with E-state index in [2.05, 4.69) is 9.97 Å². The van der Waals surface area contributed by atoms with Crippen molar-refractivity contribution in [1.82, 2.24) is 9.97 Å². The van der Waals surface area contributed by atoms with Crippen molar-refractivity contribution in [2.24, 2.45) is 0 Å². The topological polar surface area (TPSA) is 72.0 Å². The third-order valence-corrected chi connectivity index (χ3v) is 5.12. The number of rotatable bonds is 4. The van der Waals surface area contributed by atoms with E-state index in [9.17, 15) is 9.59 Å². The number of fused-ring (bicyclic) bond motifs is 1. The number of hydrogen-bond acceptors (Lipinski definition) is 6. The summed E-state index contributed by atoms with van der Waals surface area (Å²) in [4.78, 5) is 32.4. The van der Waals surface area contributed by atoms with Crippen LogP contribution in [0.5, 0.6) is 0 Å². The highest BCUT2D eigenvalue weighted by Gasteiger charge is 2.19. The standard InChI is InChI=1S/C16H14N2O3S2/c1-3-21-16(20)13-9(2)12-14(19)17-11(18-15(12)23-13)5-4-10-6-7-22-8-10/h4-8H,3H2,1-2H3,(H,17,18,19). The van der Waals surface area contributed by atoms with Crippen molar-refractivity contribution >= 4 is 51.0 Å². The van der Waals surface area contributed by atoms with Gasteiger partial charge in [-0.15, -0.1) is 11.3 Å². The Kier molecular flexibility index (Phi) is 4.40. The van der Waals surface area contributed by atoms with Gasteiger partial charge in [-0.05, 0) is 47.9 Å². The first kappa shape index (κ1) is 15.6. The van der Waals surface area contributed by atoms with Gasteiger partial charge in [-0.3, -0.25) is 4.79 Å². The number of carbonyl (C=O) groups is 1. The van der Waals surface area contributed by atoms with Gasteiger partial charge in [-0.2, -0.15) is 11.3 Å². The molecule has 0 aromatic carbocycles. The highest BCUT2D eigenvalue weighted by Crippen LogP contribution is 2.27. The van der Waals surface area contributed by atoms with E-state index in [4.69, 9.17) is 4.74 Å². The van der Waals surface area contributed by atoms with Crippen molar-refractivity contribution in [3.8, 4) is 0 Å². The van der Waals surface area contributed by atoms with Gasteiger partial charge in [0, 0.05) is 0 Å². The van der Waals surface area contributed by atoms with Gasteiger partial charge >= 0.3 is 5.97 Å². The van der Waals surface area contributed by atoms with Gasteiger partial charge in [0.05, 0.1) is 12.0 Å². The monoisotopic (exact) mass is 346 g/mol. The summed E-state index contributed by atoms with van der Waals surface area (Å²) in [6.45, 7) is 3.78. The number of thiophene rings is 2. The lowest BCUT2D eigenvalue weighted by Crippen LogP contribution is -2.10. The van der Waals surface area contributed by atoms with Crippen LogP contribution in [0.3, 0.4) is 0 Å². The molecule has 0 bridgehead atoms. The molecule has 0 aliphatic heterocycles. The summed E-state index contributed by atoms with van der Waals surface area (Å²) in [5.74, 6) is 0.0492. The summed E-state index contributed by atoms with van der Waals surface area (Å²) < 4.78 is 5.02. The minimum absolute atomic E-state index is 0.246. The van der Waals surface area contributed by atoms with Gasteiger partial charge in [0.15, 0.2) is 0 Å². The third kappa shape index (κ3) is 3.11. The molecule has 0 radical (unpaired) electrons. The fourth-order valence-electron chi connectivity index (χ4n) is 2.18. The van der Waals surface area contributed by atoms with Gasteiger partial charge in [-0.1, -0.05) is 6.08 Å². The van der Waals surface area contributed by atoms with Crippen LogP contribution in [0.4, 0.5) is 0 Å². The first-order chi connectivity index (χ1) is 11.1. The van der Waals surface area contributed by atoms with Gasteiger partial charge in [-0.25, -0.2) is 9.78 Å². The maximum atomic E-state index is 12.3. The lowest BCUT2D eigenvalue weighted by molar-refractivity contribution is 0.0531. The van der Waals surface area contributed by atoms with E-state index < -0.39 is 5.97 Å². The Morgan fingerprint density at radius 1 is 1.43 bits per heavy atom. The number of nitrogens with zero attached hydrogens (tertiary/aromatic N) is 1. The van der Waals surface area contributed by atoms with Crippen LogP contribution >= 0.6 is 22.7 Å². The van der Waals surface area contributed by atoms with Crippen LogP contribution in [-0.4, -0.2) is 22.5 Å². The zero-order valence-electron chi connectivity index (χ0n) is 12.6. The summed E-state index contributed by atoms with van der Waals surface area (Å²) in [7, 11) is 0. The Morgan fingerprint density at radius 3 is 2.96 bits per heavy atom. The van der Waals surface area contributed by atoms with Crippen LogP contribution < -0.4 is 5.56 Å². The van der Waals surface area contributed by atoms with E-state index in [1.807, 2.05) is 22.9 Å². The van der Waals surface area contributed by atoms with Crippen molar-refractivity contribution in [2.45, 2.75) is 13.8 Å². The van der Waals surface area contributed by atoms with E-state index in [1.165, 1.54) is 11.3 Å². The minimum atomic E-state index is -0.414. The van der Waals surface area contributed by atoms with Gasteiger partial charge in [0.2, 0.25) is 0 Å². The fourth-order valence-corrected chi connectivity index (χ4v) is 3.89. The minimum Gasteiger partial charge on any atom is -0.462 e. The maximum Gasteiger partial charge on any atom is 0.348 e. The number of carbonyl (C=O) groups excluding carboxylic acids is 1. The average Bonchev–Trinajstić information content (AvgIpc) is 3.13. The molecule has 0 amide bonds. The molecule has 0 atom stereocenters. The smallest absolute Gasteiger partial charge is 0.348 e. The van der Waals surface area contributed by atoms with Crippen LogP contribution in [0, 0.1) is 6.92 Å². The number of hydrogen-bond donors (Lipinski definition) is 1. The fraction of sp³-hybridized carbons (Fsp3) is 0.188. The number of ether oxygens (including phenoxy) is 1. The predicted molar refractivity (Wildman–Crippen MR) is 94.2 cm³/mol. The molecule has 0 saturated carbocycles. The second-order valence-electron chi connectivity index (χ2n) is 4.80. The number of aryl methyl sites for hydroxylation is 1. The van der Waals surface area contributed by atoms with Gasteiger partial charge < -0.3 is 9.72 Å². The molecular weight excluding hydrogens is 332 g/mol. The lowest BCUT2D eigenvalue weighted by atomic mass is 10.2. The highest BCUT2D eigenvalue weighted by atomic mass is 32.1. The van der Waals surface area contributed by atoms with Crippen LogP contribution in [0.15, 0.2) is 21.6 Å². The summed E-state index contributed by atoms with van der Waals surface area (Å²) >= 11 is 2.79. The zero-order chi connectivity index (χ0) is 16.4. The number of aromatic nitrogens is 2. The largest absolute Gasteiger partial charge is 0.462 e. The molecule has 0 saturated heterocycles. The van der Waals surface area contributed by atoms with E-state index in [1.54, 1.807) is 31.3 Å². The molecular formula is C16H14N2O3S2. The van der Waals surface area contributed by atoms with Crippen molar-refractivity contribution in [3.05, 3.63) is 49.0 Å². The molecule has 3 aromatic heterocycles. The van der Waals surface area contributed by atoms with Crippen LogP contribution in [0.25, 0.3) is 22.4 Å². The predicted octanol–water partition coefficient (Wildman–Crippen LogP) is 3.70. The first-order valence-corrected chi connectivity index (χ1v) is 8.77. The molecule has 3 rings (SSSR count). The van der Waals surface area contributed by atoms with E-state index in [0.29, 0.717) is 33.1 Å². The molecule has 23 heavy (non-hydrogen) atoms. The first-order valence-electron chi connectivity index (χ1n) is 7.01.